The fourth-order valence-corrected chi connectivity index (χ4v) is 3.03. The van der Waals surface area contributed by atoms with Crippen LogP contribution in [0.2, 0.25) is 0 Å². The molecule has 2 atom stereocenters. The van der Waals surface area contributed by atoms with Crippen LogP contribution in [0.1, 0.15) is 38.2 Å². The van der Waals surface area contributed by atoms with E-state index in [1.165, 1.54) is 0 Å². The van der Waals surface area contributed by atoms with Crippen LogP contribution in [-0.4, -0.2) is 31.5 Å². The first-order valence-corrected chi connectivity index (χ1v) is 8.53. The number of halogens is 1. The molecule has 2 aromatic carbocycles. The highest BCUT2D eigenvalue weighted by atomic mass is 35.5. The predicted octanol–water partition coefficient (Wildman–Crippen LogP) is 4.70. The summed E-state index contributed by atoms with van der Waals surface area (Å²) < 4.78 is 47.4. The molecular weight excluding hydrogens is 346 g/mol. The molecule has 0 aliphatic carbocycles. The molecule has 4 heteroatoms. The zero-order valence-electron chi connectivity index (χ0n) is 20.8. The van der Waals surface area contributed by atoms with Gasteiger partial charge in [0.25, 0.3) is 0 Å². The van der Waals surface area contributed by atoms with Gasteiger partial charge in [0.15, 0.2) is 0 Å². The first-order chi connectivity index (χ1) is 14.0. The zero-order chi connectivity index (χ0) is 22.6. The molecule has 0 amide bonds. The Morgan fingerprint density at radius 1 is 1.19 bits per heavy atom. The Balaban J connectivity index is 0.00000480. The Morgan fingerprint density at radius 3 is 2.35 bits per heavy atom. The van der Waals surface area contributed by atoms with E-state index in [1.807, 2.05) is 56.3 Å². The normalized spacial score (nSPS) is 16.9. The van der Waals surface area contributed by atoms with Crippen LogP contribution >= 0.6 is 12.4 Å². The second-order valence-electron chi connectivity index (χ2n) is 6.54. The summed E-state index contributed by atoms with van der Waals surface area (Å²) in [5.74, 6) is -0.838. The van der Waals surface area contributed by atoms with E-state index in [0.29, 0.717) is 6.54 Å². The number of rotatable bonds is 8. The summed E-state index contributed by atoms with van der Waals surface area (Å²) >= 11 is 0. The van der Waals surface area contributed by atoms with Gasteiger partial charge in [-0.1, -0.05) is 74.4 Å². The van der Waals surface area contributed by atoms with Crippen molar-refractivity contribution in [2.75, 3.05) is 20.6 Å². The molecule has 0 bridgehead atoms. The molecule has 0 aliphatic heterocycles. The van der Waals surface area contributed by atoms with Crippen molar-refractivity contribution in [2.45, 2.75) is 32.3 Å². The van der Waals surface area contributed by atoms with Gasteiger partial charge in [0.05, 0.1) is 6.85 Å². The fourth-order valence-electron chi connectivity index (χ4n) is 3.03. The van der Waals surface area contributed by atoms with Gasteiger partial charge in [-0.25, -0.2) is 0 Å². The van der Waals surface area contributed by atoms with Gasteiger partial charge in [0.2, 0.25) is 0 Å². The van der Waals surface area contributed by atoms with E-state index in [9.17, 15) is 4.79 Å². The van der Waals surface area contributed by atoms with Crippen molar-refractivity contribution in [3.8, 4) is 0 Å². The molecule has 0 heterocycles. The average Bonchev–Trinajstić information content (AvgIpc) is 2.70. The topological polar surface area (TPSA) is 29.5 Å². The summed E-state index contributed by atoms with van der Waals surface area (Å²) in [4.78, 5) is 14.5. The molecule has 0 spiro atoms. The third-order valence-electron chi connectivity index (χ3n) is 4.25. The van der Waals surface area contributed by atoms with Crippen LogP contribution in [0, 0.1) is 5.92 Å². The molecule has 0 aliphatic rings. The minimum atomic E-state index is -1.42. The molecule has 2 aromatic rings. The third-order valence-corrected chi connectivity index (χ3v) is 4.25. The smallest absolute Gasteiger partial charge is 0.306 e. The van der Waals surface area contributed by atoms with E-state index in [0.717, 1.165) is 5.56 Å². The average molecular weight is 381 g/mol. The molecule has 0 N–H and O–H groups in total. The molecule has 0 saturated carbocycles. The summed E-state index contributed by atoms with van der Waals surface area (Å²) in [7, 11) is 3.76. The number of carbonyl (C=O) groups is 1. The van der Waals surface area contributed by atoms with E-state index in [-0.39, 0.29) is 48.8 Å². The lowest BCUT2D eigenvalue weighted by Crippen LogP contribution is -2.44. The molecule has 0 radical (unpaired) electrons. The van der Waals surface area contributed by atoms with Crippen LogP contribution in [0.5, 0.6) is 0 Å². The number of carbonyl (C=O) groups excluding carboxylic acids is 1. The lowest BCUT2D eigenvalue weighted by Gasteiger charge is -2.40. The van der Waals surface area contributed by atoms with Crippen LogP contribution in [0.3, 0.4) is 0 Å². The number of benzene rings is 2. The summed E-state index contributed by atoms with van der Waals surface area (Å²) in [6.07, 6.45) is 0.312. The van der Waals surface area contributed by atoms with E-state index in [2.05, 4.69) is 0 Å². The molecule has 0 fully saturated rings. The first-order valence-electron chi connectivity index (χ1n) is 11.0. The predicted molar refractivity (Wildman–Crippen MR) is 110 cm³/mol. The SMILES string of the molecule is Cl.[2H]c1c([2H])c([2H])c(C(Cc2ccccc2)(OC(=O)CC)C(C)CN(C)C)c([2H])c1[2H]. The number of hydrogen-bond acceptors (Lipinski definition) is 3. The summed E-state index contributed by atoms with van der Waals surface area (Å²) in [6.45, 7) is 4.05. The quantitative estimate of drug-likeness (QED) is 0.622. The van der Waals surface area contributed by atoms with Crippen LogP contribution in [-0.2, 0) is 21.6 Å². The number of ether oxygens (including phenoxy) is 1. The van der Waals surface area contributed by atoms with Crippen LogP contribution in [0.25, 0.3) is 0 Å². The number of hydrogen-bond donors (Lipinski definition) is 0. The van der Waals surface area contributed by atoms with Crippen LogP contribution < -0.4 is 0 Å². The summed E-state index contributed by atoms with van der Waals surface area (Å²) in [5.41, 5.74) is -0.557. The molecule has 2 rings (SSSR count). The van der Waals surface area contributed by atoms with Gasteiger partial charge in [-0.2, -0.15) is 0 Å². The number of nitrogens with zero attached hydrogens (tertiary/aromatic N) is 1. The molecule has 2 unspecified atom stereocenters. The van der Waals surface area contributed by atoms with E-state index in [1.54, 1.807) is 6.92 Å². The van der Waals surface area contributed by atoms with Crippen molar-refractivity contribution in [3.63, 3.8) is 0 Å². The molecular formula is C22H30ClNO2. The van der Waals surface area contributed by atoms with Gasteiger partial charge in [-0.15, -0.1) is 12.4 Å². The van der Waals surface area contributed by atoms with Gasteiger partial charge < -0.3 is 9.64 Å². The van der Waals surface area contributed by atoms with Crippen LogP contribution in [0.15, 0.2) is 60.5 Å². The Morgan fingerprint density at radius 2 is 1.81 bits per heavy atom. The van der Waals surface area contributed by atoms with Gasteiger partial charge in [0.1, 0.15) is 5.60 Å². The Hall–Kier alpha value is -1.84. The van der Waals surface area contributed by atoms with E-state index < -0.39 is 29.7 Å². The summed E-state index contributed by atoms with van der Waals surface area (Å²) in [5, 5.41) is 0. The second kappa shape index (κ2) is 10.3. The highest BCUT2D eigenvalue weighted by Crippen LogP contribution is 2.38. The van der Waals surface area contributed by atoms with Gasteiger partial charge in [-0.3, -0.25) is 4.79 Å². The third kappa shape index (κ3) is 5.58. The maximum atomic E-state index is 12.6. The van der Waals surface area contributed by atoms with Crippen molar-refractivity contribution in [3.05, 3.63) is 71.7 Å². The van der Waals surface area contributed by atoms with Crippen molar-refractivity contribution >= 4 is 18.4 Å². The van der Waals surface area contributed by atoms with Crippen molar-refractivity contribution in [2.24, 2.45) is 5.92 Å². The van der Waals surface area contributed by atoms with Gasteiger partial charge in [0, 0.05) is 25.3 Å². The molecule has 0 aromatic heterocycles. The van der Waals surface area contributed by atoms with Crippen LogP contribution in [0.4, 0.5) is 0 Å². The van der Waals surface area contributed by atoms with Crippen molar-refractivity contribution < 1.29 is 16.4 Å². The second-order valence-corrected chi connectivity index (χ2v) is 6.54. The first kappa shape index (κ1) is 15.2. The molecule has 0 saturated heterocycles. The van der Waals surface area contributed by atoms with E-state index in [4.69, 9.17) is 11.6 Å². The van der Waals surface area contributed by atoms with E-state index >= 15 is 0 Å². The minimum absolute atomic E-state index is 0. The van der Waals surface area contributed by atoms with Crippen molar-refractivity contribution in [1.82, 2.24) is 4.90 Å². The molecule has 26 heavy (non-hydrogen) atoms. The Kier molecular flexibility index (Phi) is 6.06. The number of esters is 1. The van der Waals surface area contributed by atoms with Gasteiger partial charge in [-0.05, 0) is 25.2 Å². The molecule has 3 nitrogen and oxygen atoms in total. The highest BCUT2D eigenvalue weighted by Gasteiger charge is 2.42. The van der Waals surface area contributed by atoms with Crippen molar-refractivity contribution in [1.29, 1.82) is 0 Å². The fraction of sp³-hybridized carbons (Fsp3) is 0.409. The minimum Gasteiger partial charge on any atom is -0.453 e. The maximum Gasteiger partial charge on any atom is 0.306 e. The standard InChI is InChI=1S/C22H29NO2.ClH/c1-5-21(24)25-22(18(2)17-23(3)4,20-14-10-7-11-15-20)16-19-12-8-6-9-13-19;/h6-15,18H,5,16-17H2,1-4H3;1H/i7D,10D,11D,14D,15D;. The Bertz CT molecular complexity index is 882. The largest absolute Gasteiger partial charge is 0.453 e. The Labute approximate surface area is 170 Å². The molecule has 142 valence electrons. The zero-order valence-corrected chi connectivity index (χ0v) is 16.6. The maximum absolute atomic E-state index is 12.6. The lowest BCUT2D eigenvalue weighted by molar-refractivity contribution is -0.168. The summed E-state index contributed by atoms with van der Waals surface area (Å²) in [6, 6.07) is 7.33. The highest BCUT2D eigenvalue weighted by molar-refractivity contribution is 5.85. The lowest BCUT2D eigenvalue weighted by atomic mass is 9.77. The van der Waals surface area contributed by atoms with Gasteiger partial charge >= 0.3 is 5.97 Å². The monoisotopic (exact) mass is 380 g/mol.